The van der Waals surface area contributed by atoms with Crippen molar-refractivity contribution in [1.82, 2.24) is 4.57 Å². The molecule has 0 amide bonds. The lowest BCUT2D eigenvalue weighted by molar-refractivity contribution is 0.102. The van der Waals surface area contributed by atoms with Crippen LogP contribution in [-0.2, 0) is 11.3 Å². The van der Waals surface area contributed by atoms with Crippen molar-refractivity contribution in [2.75, 3.05) is 20.3 Å². The number of rotatable bonds is 7. The van der Waals surface area contributed by atoms with Crippen molar-refractivity contribution < 1.29 is 19.4 Å². The van der Waals surface area contributed by atoms with Crippen molar-refractivity contribution >= 4 is 5.78 Å². The Morgan fingerprint density at radius 2 is 2.04 bits per heavy atom. The van der Waals surface area contributed by atoms with Crippen LogP contribution in [0.4, 0.5) is 0 Å². The van der Waals surface area contributed by atoms with Crippen LogP contribution in [0.2, 0.25) is 0 Å². The molecule has 0 saturated carbocycles. The molecule has 0 unspecified atom stereocenters. The van der Waals surface area contributed by atoms with Crippen molar-refractivity contribution in [2.24, 2.45) is 0 Å². The Morgan fingerprint density at radius 3 is 2.65 bits per heavy atom. The predicted molar refractivity (Wildman–Crippen MR) is 94.7 cm³/mol. The summed E-state index contributed by atoms with van der Waals surface area (Å²) in [6.45, 7) is 3.79. The summed E-state index contributed by atoms with van der Waals surface area (Å²) in [5.74, 6) is -0.640. The van der Waals surface area contributed by atoms with E-state index in [-0.39, 0.29) is 35.4 Å². The van der Waals surface area contributed by atoms with E-state index in [2.05, 4.69) is 0 Å². The fourth-order valence-corrected chi connectivity index (χ4v) is 2.68. The van der Waals surface area contributed by atoms with E-state index in [4.69, 9.17) is 9.47 Å². The van der Waals surface area contributed by atoms with Gasteiger partial charge in [0.2, 0.25) is 11.7 Å². The van der Waals surface area contributed by atoms with Crippen molar-refractivity contribution in [3.8, 4) is 17.7 Å². The summed E-state index contributed by atoms with van der Waals surface area (Å²) in [5, 5.41) is 19.9. The van der Waals surface area contributed by atoms with Crippen molar-refractivity contribution in [3.05, 3.63) is 56.9 Å². The van der Waals surface area contributed by atoms with Gasteiger partial charge in [-0.1, -0.05) is 12.1 Å². The Hall–Kier alpha value is -3.11. The van der Waals surface area contributed by atoms with Crippen LogP contribution in [0.5, 0.6) is 11.6 Å². The van der Waals surface area contributed by atoms with Crippen molar-refractivity contribution in [2.45, 2.75) is 20.4 Å². The number of pyridine rings is 1. The molecule has 1 N–H and O–H groups in total. The lowest BCUT2D eigenvalue weighted by atomic mass is 9.96. The molecule has 2 aromatic rings. The molecule has 0 fully saturated rings. The molecule has 0 radical (unpaired) electrons. The zero-order valence-corrected chi connectivity index (χ0v) is 14.9. The fraction of sp³-hybridized carbons (Fsp3) is 0.316. The highest BCUT2D eigenvalue weighted by Crippen LogP contribution is 2.28. The van der Waals surface area contributed by atoms with Gasteiger partial charge in [0.15, 0.2) is 0 Å². The monoisotopic (exact) mass is 356 g/mol. The summed E-state index contributed by atoms with van der Waals surface area (Å²) in [6, 6.07) is 8.45. The largest absolute Gasteiger partial charge is 0.494 e. The normalized spacial score (nSPS) is 10.4. The van der Waals surface area contributed by atoms with Gasteiger partial charge in [0.05, 0.1) is 30.9 Å². The third-order valence-corrected chi connectivity index (χ3v) is 3.98. The Bertz CT molecular complexity index is 925. The van der Waals surface area contributed by atoms with Crippen LogP contribution in [-0.4, -0.2) is 35.8 Å². The van der Waals surface area contributed by atoms with E-state index < -0.39 is 17.2 Å². The lowest BCUT2D eigenvalue weighted by Gasteiger charge is -2.16. The van der Waals surface area contributed by atoms with Gasteiger partial charge >= 0.3 is 0 Å². The van der Waals surface area contributed by atoms with Gasteiger partial charge in [-0.2, -0.15) is 5.26 Å². The molecule has 1 aromatic heterocycles. The van der Waals surface area contributed by atoms with Crippen LogP contribution in [0.15, 0.2) is 29.1 Å². The summed E-state index contributed by atoms with van der Waals surface area (Å²) in [4.78, 5) is 25.5. The molecule has 7 nitrogen and oxygen atoms in total. The SMILES string of the molecule is CCOc1ccccc1C(=O)c1c(C)c(C#N)c(=O)n(CCOC)c1O. The van der Waals surface area contributed by atoms with Gasteiger partial charge < -0.3 is 14.6 Å². The van der Waals surface area contributed by atoms with Crippen LogP contribution in [0.25, 0.3) is 0 Å². The number of aromatic hydroxyl groups is 1. The Labute approximate surface area is 151 Å². The van der Waals surface area contributed by atoms with Crippen LogP contribution >= 0.6 is 0 Å². The van der Waals surface area contributed by atoms with Gasteiger partial charge in [0, 0.05) is 7.11 Å². The zero-order chi connectivity index (χ0) is 19.3. The smallest absolute Gasteiger partial charge is 0.271 e. The third kappa shape index (κ3) is 3.46. The maximum atomic E-state index is 13.1. The van der Waals surface area contributed by atoms with E-state index in [0.717, 1.165) is 4.57 Å². The molecule has 26 heavy (non-hydrogen) atoms. The highest BCUT2D eigenvalue weighted by molar-refractivity contribution is 6.13. The van der Waals surface area contributed by atoms with E-state index in [0.29, 0.717) is 12.4 Å². The molecule has 0 bridgehead atoms. The van der Waals surface area contributed by atoms with Crippen molar-refractivity contribution in [1.29, 1.82) is 5.26 Å². The second-order valence-corrected chi connectivity index (χ2v) is 5.52. The van der Waals surface area contributed by atoms with Crippen LogP contribution in [0.3, 0.4) is 0 Å². The third-order valence-electron chi connectivity index (χ3n) is 3.98. The molecular weight excluding hydrogens is 336 g/mol. The first-order valence-corrected chi connectivity index (χ1v) is 8.09. The highest BCUT2D eigenvalue weighted by Gasteiger charge is 2.26. The van der Waals surface area contributed by atoms with Crippen molar-refractivity contribution in [3.63, 3.8) is 0 Å². The number of methoxy groups -OCH3 is 1. The molecule has 1 heterocycles. The Kier molecular flexibility index (Phi) is 6.15. The first-order valence-electron chi connectivity index (χ1n) is 8.09. The number of nitriles is 1. The fourth-order valence-electron chi connectivity index (χ4n) is 2.68. The van der Waals surface area contributed by atoms with Crippen LogP contribution in [0, 0.1) is 18.3 Å². The molecule has 2 rings (SSSR count). The molecule has 0 atom stereocenters. The molecule has 0 aliphatic rings. The minimum Gasteiger partial charge on any atom is -0.494 e. The quantitative estimate of drug-likeness (QED) is 0.762. The number of para-hydroxylation sites is 1. The minimum atomic E-state index is -0.658. The first kappa shape index (κ1) is 19.2. The van der Waals surface area contributed by atoms with Gasteiger partial charge in [-0.25, -0.2) is 0 Å². The average Bonchev–Trinajstić information content (AvgIpc) is 2.62. The number of carbonyl (C=O) groups excluding carboxylic acids is 1. The van der Waals surface area contributed by atoms with E-state index in [1.165, 1.54) is 14.0 Å². The maximum absolute atomic E-state index is 13.1. The number of nitrogens with zero attached hydrogens (tertiary/aromatic N) is 2. The Morgan fingerprint density at radius 1 is 1.35 bits per heavy atom. The lowest BCUT2D eigenvalue weighted by Crippen LogP contribution is -2.28. The van der Waals surface area contributed by atoms with E-state index >= 15 is 0 Å². The maximum Gasteiger partial charge on any atom is 0.271 e. The summed E-state index contributed by atoms with van der Waals surface area (Å²) in [7, 11) is 1.45. The summed E-state index contributed by atoms with van der Waals surface area (Å²) >= 11 is 0. The van der Waals surface area contributed by atoms with Gasteiger partial charge in [-0.15, -0.1) is 0 Å². The Balaban J connectivity index is 2.71. The van der Waals surface area contributed by atoms with Gasteiger partial charge in [-0.3, -0.25) is 14.2 Å². The molecule has 0 spiro atoms. The van der Waals surface area contributed by atoms with E-state index in [1.54, 1.807) is 31.2 Å². The molecule has 1 aromatic carbocycles. The second-order valence-electron chi connectivity index (χ2n) is 5.52. The number of ketones is 1. The standard InChI is InChI=1S/C19H20N2O5/c1-4-26-15-8-6-5-7-13(15)17(22)16-12(2)14(11-20)18(23)21(19(16)24)9-10-25-3/h5-8,24H,4,9-10H2,1-3H3. The predicted octanol–water partition coefficient (Wildman–Crippen LogP) is 2.01. The molecule has 0 aliphatic carbocycles. The first-order chi connectivity index (χ1) is 12.5. The van der Waals surface area contributed by atoms with Gasteiger partial charge in [0.25, 0.3) is 5.56 Å². The van der Waals surface area contributed by atoms with Gasteiger partial charge in [-0.05, 0) is 31.5 Å². The molecule has 7 heteroatoms. The average molecular weight is 356 g/mol. The number of ether oxygens (including phenoxy) is 2. The van der Waals surface area contributed by atoms with Crippen LogP contribution < -0.4 is 10.3 Å². The van der Waals surface area contributed by atoms with Gasteiger partial charge in [0.1, 0.15) is 17.4 Å². The van der Waals surface area contributed by atoms with Crippen LogP contribution in [0.1, 0.15) is 34.0 Å². The second kappa shape index (κ2) is 8.32. The highest BCUT2D eigenvalue weighted by atomic mass is 16.5. The number of hydrogen-bond acceptors (Lipinski definition) is 6. The summed E-state index contributed by atoms with van der Waals surface area (Å²) < 4.78 is 11.4. The minimum absolute atomic E-state index is 0.0174. The molecule has 136 valence electrons. The number of benzene rings is 1. The number of aromatic nitrogens is 1. The zero-order valence-electron chi connectivity index (χ0n) is 14.9. The van der Waals surface area contributed by atoms with E-state index in [9.17, 15) is 20.0 Å². The number of hydrogen-bond donors (Lipinski definition) is 1. The molecule has 0 saturated heterocycles. The summed E-state index contributed by atoms with van der Waals surface area (Å²) in [6.07, 6.45) is 0. The topological polar surface area (TPSA) is 102 Å². The molecular formula is C19H20N2O5. The van der Waals surface area contributed by atoms with E-state index in [1.807, 2.05) is 6.07 Å². The number of carbonyl (C=O) groups is 1. The summed E-state index contributed by atoms with van der Waals surface area (Å²) in [5.41, 5.74) is -0.553. The molecule has 0 aliphatic heterocycles.